The summed E-state index contributed by atoms with van der Waals surface area (Å²) >= 11 is 56.5. The highest BCUT2D eigenvalue weighted by molar-refractivity contribution is 6.40. The standard InChI is InChI=1S/C33H31Cl3FN7O2.2C32H27Cl3F2N6O3/c1-7-22(45)43-11-10-42(14-17(43)5)31-19-12-21(34)29(23-18(6)24(35)26(37)25(36)27(23)39)41-32(19)44(33(46)20(31)13-38)30-16(4)8-9-40-28(30)15(2)3;2*1-6-20(44)42-10-9-41(13-16(42)5)29-17-11-19(33)27(21-24(36)22(34)25(37)23(35)30(21)45)40-31(17)43(32(46)18(29)12-38)28-15(4)7-8-39-26(28)14(2)3/h7-9,12,15,17H,1,10-11,14,39H2,2-6H3;2*6-8,11,14,16,45H,1,9-10,13H2,2-5H3/t17-;2*16-/m111/s1. The Balaban J connectivity index is 0.000000175. The number of aromatic nitrogens is 9. The molecule has 0 bridgehead atoms. The van der Waals surface area contributed by atoms with Gasteiger partial charge in [0.1, 0.15) is 88.5 Å². The Labute approximate surface area is 832 Å². The molecule has 27 nitrogen and oxygen atoms in total. The second-order valence-electron chi connectivity index (χ2n) is 34.0. The molecule has 138 heavy (non-hydrogen) atoms. The minimum Gasteiger partial charge on any atom is -0.505 e. The third kappa shape index (κ3) is 18.0. The molecule has 3 aliphatic rings. The quantitative estimate of drug-likeness (QED) is 0.0282. The molecule has 714 valence electrons. The first-order valence-electron chi connectivity index (χ1n) is 42.8. The Bertz CT molecular complexity index is 6780. The summed E-state index contributed by atoms with van der Waals surface area (Å²) < 4.78 is 78.5. The van der Waals surface area contributed by atoms with Gasteiger partial charge in [0.05, 0.1) is 105 Å². The number of nitrogens with two attached hydrogens (primary N) is 1. The number of nitrogen functional groups attached to an aromatic ring is 1. The summed E-state index contributed by atoms with van der Waals surface area (Å²) in [6, 6.07) is 14.9. The first kappa shape index (κ1) is 103. The van der Waals surface area contributed by atoms with Crippen LogP contribution in [0, 0.1) is 90.8 Å². The van der Waals surface area contributed by atoms with Crippen LogP contribution >= 0.6 is 104 Å². The van der Waals surface area contributed by atoms with E-state index in [1.807, 2.05) is 74.1 Å². The van der Waals surface area contributed by atoms with Crippen LogP contribution in [-0.4, -0.2) is 163 Å². The number of pyridine rings is 9. The molecule has 3 atom stereocenters. The zero-order valence-electron chi connectivity index (χ0n) is 76.1. The summed E-state index contributed by atoms with van der Waals surface area (Å²) in [7, 11) is 0. The van der Waals surface area contributed by atoms with Gasteiger partial charge in [0, 0.05) is 117 Å². The van der Waals surface area contributed by atoms with Gasteiger partial charge in [0.2, 0.25) is 17.7 Å². The second-order valence-corrected chi connectivity index (χ2v) is 37.4. The molecule has 4 N–H and O–H groups in total. The average Bonchev–Trinajstić information content (AvgIpc) is 0.726. The molecular formula is C97H85Cl9F5N19O8. The summed E-state index contributed by atoms with van der Waals surface area (Å²) in [5.41, 5.74) is 7.73. The van der Waals surface area contributed by atoms with E-state index in [0.29, 0.717) is 76.0 Å². The Hall–Kier alpha value is -12.7. The van der Waals surface area contributed by atoms with Crippen molar-refractivity contribution in [1.29, 1.82) is 15.8 Å². The minimum atomic E-state index is -1.37. The predicted octanol–water partition coefficient (Wildman–Crippen LogP) is 20.8. The van der Waals surface area contributed by atoms with Crippen molar-refractivity contribution in [3.05, 3.63) is 254 Å². The number of rotatable bonds is 15. The first-order valence-corrected chi connectivity index (χ1v) is 46.2. The van der Waals surface area contributed by atoms with E-state index < -0.39 is 88.5 Å². The highest BCUT2D eigenvalue weighted by atomic mass is 35.5. The smallest absolute Gasteiger partial charge is 0.276 e. The molecule has 3 aliphatic heterocycles. The van der Waals surface area contributed by atoms with Crippen LogP contribution in [0.15, 0.2) is 107 Å². The van der Waals surface area contributed by atoms with E-state index >= 15 is 8.78 Å². The molecule has 3 fully saturated rings. The van der Waals surface area contributed by atoms with E-state index in [0.717, 1.165) is 5.56 Å². The maximum absolute atomic E-state index is 15.5. The molecule has 3 aromatic carbocycles. The lowest BCUT2D eigenvalue weighted by atomic mass is 10.00. The van der Waals surface area contributed by atoms with Crippen molar-refractivity contribution in [1.82, 2.24) is 58.3 Å². The largest absolute Gasteiger partial charge is 0.505 e. The molecule has 15 rings (SSSR count). The number of halogens is 14. The topological polar surface area (TPSA) is 352 Å². The van der Waals surface area contributed by atoms with Gasteiger partial charge in [-0.3, -0.25) is 57.4 Å². The second kappa shape index (κ2) is 40.8. The highest BCUT2D eigenvalue weighted by Crippen LogP contribution is 2.51. The molecule has 41 heteroatoms. The van der Waals surface area contributed by atoms with Gasteiger partial charge < -0.3 is 45.3 Å². The number of amides is 3. The van der Waals surface area contributed by atoms with Crippen LogP contribution in [0.3, 0.4) is 0 Å². The van der Waals surface area contributed by atoms with Gasteiger partial charge in [-0.15, -0.1) is 0 Å². The Morgan fingerprint density at radius 2 is 0.696 bits per heavy atom. The number of anilines is 4. The van der Waals surface area contributed by atoms with Gasteiger partial charge in [-0.05, 0) is 143 Å². The molecule has 3 saturated heterocycles. The van der Waals surface area contributed by atoms with Crippen LogP contribution in [0.25, 0.3) is 83.9 Å². The number of hydrogen-bond acceptors (Lipinski definition) is 21. The van der Waals surface area contributed by atoms with E-state index in [4.69, 9.17) is 115 Å². The Morgan fingerprint density at radius 3 is 0.949 bits per heavy atom. The number of carbonyl (C=O) groups is 3. The van der Waals surface area contributed by atoms with Crippen LogP contribution in [0.1, 0.15) is 136 Å². The van der Waals surface area contributed by atoms with Crippen molar-refractivity contribution in [2.45, 2.75) is 126 Å². The third-order valence-electron chi connectivity index (χ3n) is 24.3. The number of aromatic hydroxyl groups is 2. The van der Waals surface area contributed by atoms with Crippen molar-refractivity contribution in [3.63, 3.8) is 0 Å². The molecule has 12 heterocycles. The summed E-state index contributed by atoms with van der Waals surface area (Å²) in [6.07, 6.45) is 8.56. The summed E-state index contributed by atoms with van der Waals surface area (Å²) in [6.45, 7) is 37.1. The van der Waals surface area contributed by atoms with Crippen molar-refractivity contribution in [2.24, 2.45) is 0 Å². The Morgan fingerprint density at radius 1 is 0.428 bits per heavy atom. The fourth-order valence-electron chi connectivity index (χ4n) is 17.7. The van der Waals surface area contributed by atoms with E-state index in [1.54, 1.807) is 88.1 Å². The van der Waals surface area contributed by atoms with Gasteiger partial charge >= 0.3 is 0 Å². The van der Waals surface area contributed by atoms with Crippen molar-refractivity contribution >= 4 is 178 Å². The lowest BCUT2D eigenvalue weighted by Crippen LogP contribution is -2.54. The molecule has 3 amide bonds. The van der Waals surface area contributed by atoms with Crippen molar-refractivity contribution in [2.75, 3.05) is 79.3 Å². The van der Waals surface area contributed by atoms with Crippen LogP contribution in [-0.2, 0) is 14.4 Å². The van der Waals surface area contributed by atoms with E-state index in [2.05, 4.69) is 62.9 Å². The molecule has 0 saturated carbocycles. The van der Waals surface area contributed by atoms with Gasteiger partial charge in [-0.25, -0.2) is 36.9 Å². The predicted molar refractivity (Wildman–Crippen MR) is 530 cm³/mol. The molecule has 0 aliphatic carbocycles. The van der Waals surface area contributed by atoms with E-state index in [1.165, 1.54) is 44.1 Å². The number of aryl methyl sites for hydroxylation is 3. The number of hydrogen-bond donors (Lipinski definition) is 3. The van der Waals surface area contributed by atoms with E-state index in [-0.39, 0.29) is 208 Å². The zero-order valence-corrected chi connectivity index (χ0v) is 82.9. The number of fused-ring (bicyclic) bond motifs is 3. The third-order valence-corrected chi connectivity index (χ3v) is 27.4. The SMILES string of the molecule is C=CC(=O)N1CCN(c2c(C#N)c(=O)n(-c3c(C)ccnc3C(C)C)c3nc(-c4c(C)c(Cl)c(F)c(Cl)c4N)c(Cl)cc23)C[C@H]1C.C=CC(=O)N1CCN(c2c(C#N)c(=O)n(-c3c(C)ccnc3C(C)C)c3nc(-c4c(O)c(Cl)c(F)c(Cl)c4F)c(Cl)cc23)C[C@H]1C.C=CC(=O)N1CCN(c2c(C#N)c(=O)n(-c3c(C)ccnc3C(C)C)c3nc(-c4c(O)c(Cl)c(F)c(Cl)c4F)c(Cl)cc23)C[C@H]1C. The van der Waals surface area contributed by atoms with Gasteiger partial charge in [-0.1, -0.05) is 166 Å². The normalized spacial score (nSPS) is 15.0. The molecule has 12 aromatic rings. The van der Waals surface area contributed by atoms with E-state index in [9.17, 15) is 67.9 Å². The number of piperazine rings is 3. The summed E-state index contributed by atoms with van der Waals surface area (Å²) in [5.74, 6) is -9.49. The first-order chi connectivity index (χ1) is 65.2. The van der Waals surface area contributed by atoms with Gasteiger partial charge in [0.15, 0.2) is 29.1 Å². The van der Waals surface area contributed by atoms with Crippen LogP contribution < -0.4 is 37.1 Å². The number of phenolic OH excluding ortho intramolecular Hbond substituents is 2. The maximum Gasteiger partial charge on any atom is 0.276 e. The number of carbonyl (C=O) groups excluding carboxylic acids is 3. The fraction of sp³-hybridized carbons (Fsp3) is 0.289. The van der Waals surface area contributed by atoms with Crippen LogP contribution in [0.2, 0.25) is 45.2 Å². The molecule has 0 radical (unpaired) electrons. The average molecular weight is 2060 g/mol. The molecule has 9 aromatic heterocycles. The lowest BCUT2D eigenvalue weighted by molar-refractivity contribution is -0.129. The highest BCUT2D eigenvalue weighted by Gasteiger charge is 2.40. The molecular weight excluding hydrogens is 1970 g/mol. The molecule has 0 spiro atoms. The number of phenols is 2. The zero-order chi connectivity index (χ0) is 101. The van der Waals surface area contributed by atoms with Crippen molar-refractivity contribution in [3.8, 4) is 80.5 Å². The van der Waals surface area contributed by atoms with Gasteiger partial charge in [-0.2, -0.15) is 15.8 Å². The lowest BCUT2D eigenvalue weighted by Gasteiger charge is -2.41. The van der Waals surface area contributed by atoms with Crippen LogP contribution in [0.5, 0.6) is 11.5 Å². The van der Waals surface area contributed by atoms with Crippen molar-refractivity contribution < 1.29 is 46.5 Å². The number of nitriles is 3. The van der Waals surface area contributed by atoms with Gasteiger partial charge in [0.25, 0.3) is 16.7 Å². The number of nitrogens with zero attached hydrogens (tertiary/aromatic N) is 18. The van der Waals surface area contributed by atoms with Crippen LogP contribution in [0.4, 0.5) is 44.7 Å². The minimum absolute atomic E-state index is 0.0518. The summed E-state index contributed by atoms with van der Waals surface area (Å²) in [4.78, 5) is 119. The summed E-state index contributed by atoms with van der Waals surface area (Å²) in [5, 5.41) is 49.2. The maximum atomic E-state index is 15.5. The molecule has 0 unspecified atom stereocenters. The monoisotopic (exact) mass is 2050 g/mol. The Kier molecular flexibility index (Phi) is 30.4. The number of benzene rings is 3. The fourth-order valence-corrected chi connectivity index (χ4v) is 19.7.